The summed E-state index contributed by atoms with van der Waals surface area (Å²) in [5.74, 6) is -0.158. The normalized spacial score (nSPS) is 15.1. The smallest absolute Gasteiger partial charge is 0.123 e. The van der Waals surface area contributed by atoms with Gasteiger partial charge in [-0.05, 0) is 35.3 Å². The summed E-state index contributed by atoms with van der Waals surface area (Å²) in [6.45, 7) is 4.85. The molecule has 2 rings (SSSR count). The summed E-state index contributed by atoms with van der Waals surface area (Å²) in [5, 5.41) is 0. The lowest BCUT2D eigenvalue weighted by Gasteiger charge is -2.25. The summed E-state index contributed by atoms with van der Waals surface area (Å²) in [5.41, 5.74) is 9.22. The highest BCUT2D eigenvalue weighted by atomic mass is 19.1. The summed E-state index contributed by atoms with van der Waals surface area (Å²) >= 11 is 0. The van der Waals surface area contributed by atoms with Gasteiger partial charge in [-0.2, -0.15) is 0 Å². The molecule has 0 aliphatic heterocycles. The molecule has 0 fully saturated rings. The van der Waals surface area contributed by atoms with Crippen molar-refractivity contribution in [3.63, 3.8) is 0 Å². The van der Waals surface area contributed by atoms with Gasteiger partial charge in [0, 0.05) is 12.0 Å². The van der Waals surface area contributed by atoms with Crippen LogP contribution in [0.2, 0.25) is 0 Å². The van der Waals surface area contributed by atoms with Crippen LogP contribution in [0.3, 0.4) is 0 Å². The van der Waals surface area contributed by atoms with Crippen molar-refractivity contribution < 1.29 is 4.39 Å². The van der Waals surface area contributed by atoms with Crippen molar-refractivity contribution >= 4 is 5.57 Å². The molecule has 0 atom stereocenters. The van der Waals surface area contributed by atoms with E-state index < -0.39 is 0 Å². The van der Waals surface area contributed by atoms with Crippen molar-refractivity contribution in [1.29, 1.82) is 0 Å². The van der Waals surface area contributed by atoms with Gasteiger partial charge in [-0.15, -0.1) is 0 Å². The van der Waals surface area contributed by atoms with E-state index in [4.69, 9.17) is 5.73 Å². The molecule has 2 heteroatoms. The number of hydrogen-bond acceptors (Lipinski definition) is 1. The maximum absolute atomic E-state index is 13.0. The van der Waals surface area contributed by atoms with Gasteiger partial charge in [0.05, 0.1) is 0 Å². The van der Waals surface area contributed by atoms with E-state index in [-0.39, 0.29) is 11.2 Å². The molecule has 0 unspecified atom stereocenters. The molecular formula is C13H16FN. The van der Waals surface area contributed by atoms with Crippen LogP contribution in [0.1, 0.15) is 25.0 Å². The first-order valence-corrected chi connectivity index (χ1v) is 5.24. The lowest BCUT2D eigenvalue weighted by atomic mass is 9.81. The first-order valence-electron chi connectivity index (χ1n) is 5.24. The molecule has 0 amide bonds. The van der Waals surface area contributed by atoms with E-state index in [0.717, 1.165) is 17.5 Å². The zero-order chi connectivity index (χ0) is 11.1. The zero-order valence-electron chi connectivity index (χ0n) is 9.18. The van der Waals surface area contributed by atoms with E-state index in [2.05, 4.69) is 19.9 Å². The molecule has 1 nitrogen and oxygen atoms in total. The average Bonchev–Trinajstić information content (AvgIpc) is 2.61. The summed E-state index contributed by atoms with van der Waals surface area (Å²) in [4.78, 5) is 0. The van der Waals surface area contributed by atoms with Crippen LogP contribution in [0.4, 0.5) is 4.39 Å². The molecule has 0 spiro atoms. The SMILES string of the molecule is CC(C)(CN)C1=CCc2cc(F)ccc21. The van der Waals surface area contributed by atoms with Crippen LogP contribution in [0.5, 0.6) is 0 Å². The van der Waals surface area contributed by atoms with Gasteiger partial charge in [0.25, 0.3) is 0 Å². The summed E-state index contributed by atoms with van der Waals surface area (Å²) in [6, 6.07) is 5.00. The van der Waals surface area contributed by atoms with Crippen LogP contribution in [0, 0.1) is 11.2 Å². The van der Waals surface area contributed by atoms with E-state index in [0.29, 0.717) is 6.54 Å². The van der Waals surface area contributed by atoms with E-state index in [1.165, 1.54) is 11.6 Å². The molecule has 1 aromatic rings. The molecule has 80 valence electrons. The molecule has 1 aliphatic carbocycles. The van der Waals surface area contributed by atoms with Gasteiger partial charge < -0.3 is 5.73 Å². The first kappa shape index (κ1) is 10.4. The molecule has 2 N–H and O–H groups in total. The van der Waals surface area contributed by atoms with Crippen molar-refractivity contribution in [2.24, 2.45) is 11.1 Å². The minimum Gasteiger partial charge on any atom is -0.330 e. The van der Waals surface area contributed by atoms with Crippen molar-refractivity contribution in [1.82, 2.24) is 0 Å². The summed E-state index contributed by atoms with van der Waals surface area (Å²) in [7, 11) is 0. The fourth-order valence-electron chi connectivity index (χ4n) is 2.07. The monoisotopic (exact) mass is 205 g/mol. The number of allylic oxidation sites excluding steroid dienone is 1. The maximum atomic E-state index is 13.0. The van der Waals surface area contributed by atoms with E-state index in [1.54, 1.807) is 6.07 Å². The predicted octanol–water partition coefficient (Wildman–Crippen LogP) is 2.75. The molecule has 0 aromatic heterocycles. The van der Waals surface area contributed by atoms with Crippen LogP contribution in [0.15, 0.2) is 24.3 Å². The standard InChI is InChI=1S/C13H16FN/c1-13(2,8-15)12-6-3-9-7-10(14)4-5-11(9)12/h4-7H,3,8,15H2,1-2H3. The van der Waals surface area contributed by atoms with Gasteiger partial charge in [0.2, 0.25) is 0 Å². The molecule has 0 saturated carbocycles. The molecule has 1 aromatic carbocycles. The zero-order valence-corrected chi connectivity index (χ0v) is 9.18. The number of benzene rings is 1. The third-order valence-corrected chi connectivity index (χ3v) is 3.12. The Balaban J connectivity index is 2.43. The Labute approximate surface area is 89.8 Å². The fourth-order valence-corrected chi connectivity index (χ4v) is 2.07. The second-order valence-electron chi connectivity index (χ2n) is 4.71. The van der Waals surface area contributed by atoms with Crippen molar-refractivity contribution in [3.05, 3.63) is 41.2 Å². The Morgan fingerprint density at radius 1 is 1.40 bits per heavy atom. The minimum absolute atomic E-state index is 0.0247. The van der Waals surface area contributed by atoms with Crippen molar-refractivity contribution in [2.45, 2.75) is 20.3 Å². The molecule has 0 bridgehead atoms. The highest BCUT2D eigenvalue weighted by Gasteiger charge is 2.27. The fraction of sp³-hybridized carbons (Fsp3) is 0.385. The van der Waals surface area contributed by atoms with Crippen LogP contribution >= 0.6 is 0 Å². The maximum Gasteiger partial charge on any atom is 0.123 e. The Morgan fingerprint density at radius 3 is 2.80 bits per heavy atom. The molecule has 0 heterocycles. The molecule has 0 radical (unpaired) electrons. The number of hydrogen-bond donors (Lipinski definition) is 1. The number of fused-ring (bicyclic) bond motifs is 1. The highest BCUT2D eigenvalue weighted by Crippen LogP contribution is 2.39. The van der Waals surface area contributed by atoms with E-state index in [1.807, 2.05) is 6.07 Å². The lowest BCUT2D eigenvalue weighted by molar-refractivity contribution is 0.516. The molecule has 0 saturated heterocycles. The topological polar surface area (TPSA) is 26.0 Å². The molecule has 1 aliphatic rings. The Kier molecular flexibility index (Phi) is 2.39. The van der Waals surface area contributed by atoms with Gasteiger partial charge in [-0.25, -0.2) is 4.39 Å². The number of nitrogens with two attached hydrogens (primary N) is 1. The minimum atomic E-state index is -0.158. The number of rotatable bonds is 2. The Hall–Kier alpha value is -1.15. The van der Waals surface area contributed by atoms with Gasteiger partial charge in [-0.3, -0.25) is 0 Å². The lowest BCUT2D eigenvalue weighted by Crippen LogP contribution is -2.24. The second-order valence-corrected chi connectivity index (χ2v) is 4.71. The van der Waals surface area contributed by atoms with Gasteiger partial charge in [0.15, 0.2) is 0 Å². The second kappa shape index (κ2) is 3.46. The predicted molar refractivity (Wildman–Crippen MR) is 60.9 cm³/mol. The van der Waals surface area contributed by atoms with Crippen LogP contribution < -0.4 is 5.73 Å². The van der Waals surface area contributed by atoms with Gasteiger partial charge >= 0.3 is 0 Å². The molecular weight excluding hydrogens is 189 g/mol. The summed E-state index contributed by atoms with van der Waals surface area (Å²) in [6.07, 6.45) is 2.99. The Morgan fingerprint density at radius 2 is 2.13 bits per heavy atom. The van der Waals surface area contributed by atoms with Gasteiger partial charge in [-0.1, -0.05) is 26.0 Å². The van der Waals surface area contributed by atoms with Crippen molar-refractivity contribution in [2.75, 3.05) is 6.54 Å². The summed E-state index contributed by atoms with van der Waals surface area (Å²) < 4.78 is 13.0. The van der Waals surface area contributed by atoms with E-state index in [9.17, 15) is 4.39 Å². The third kappa shape index (κ3) is 1.70. The first-order chi connectivity index (χ1) is 7.04. The quantitative estimate of drug-likeness (QED) is 0.789. The largest absolute Gasteiger partial charge is 0.330 e. The Bertz CT molecular complexity index is 419. The van der Waals surface area contributed by atoms with Gasteiger partial charge in [0.1, 0.15) is 5.82 Å². The molecule has 15 heavy (non-hydrogen) atoms. The van der Waals surface area contributed by atoms with Crippen LogP contribution in [-0.2, 0) is 6.42 Å². The highest BCUT2D eigenvalue weighted by molar-refractivity contribution is 5.76. The average molecular weight is 205 g/mol. The third-order valence-electron chi connectivity index (χ3n) is 3.12. The number of halogens is 1. The van der Waals surface area contributed by atoms with Crippen molar-refractivity contribution in [3.8, 4) is 0 Å². The van der Waals surface area contributed by atoms with Crippen LogP contribution in [-0.4, -0.2) is 6.54 Å². The van der Waals surface area contributed by atoms with E-state index >= 15 is 0 Å². The van der Waals surface area contributed by atoms with Crippen LogP contribution in [0.25, 0.3) is 5.57 Å².